The van der Waals surface area contributed by atoms with Gasteiger partial charge in [0.1, 0.15) is 5.82 Å². The van der Waals surface area contributed by atoms with E-state index < -0.39 is 5.91 Å². The molecule has 0 aliphatic rings. The number of aryl methyl sites for hydroxylation is 1. The molecule has 6 nitrogen and oxygen atoms in total. The first-order valence-corrected chi connectivity index (χ1v) is 5.64. The monoisotopic (exact) mass is 264 g/mol. The van der Waals surface area contributed by atoms with E-state index >= 15 is 0 Å². The minimum Gasteiger partial charge on any atom is -0.369 e. The quantitative estimate of drug-likeness (QED) is 0.831. The van der Waals surface area contributed by atoms with E-state index in [1.165, 1.54) is 6.07 Å². The van der Waals surface area contributed by atoms with Crippen LogP contribution in [-0.4, -0.2) is 22.6 Å². The number of hydrogen-bond acceptors (Lipinski definition) is 5. The molecule has 7 heteroatoms. The molecule has 1 aromatic carbocycles. The summed E-state index contributed by atoms with van der Waals surface area (Å²) in [6, 6.07) is 4.57. The smallest absolute Gasteiger partial charge is 0.240 e. The summed E-state index contributed by atoms with van der Waals surface area (Å²) in [5, 5.41) is 6.55. The van der Waals surface area contributed by atoms with E-state index in [2.05, 4.69) is 15.5 Å². The number of aromatic nitrogens is 2. The van der Waals surface area contributed by atoms with Crippen LogP contribution in [0.4, 0.5) is 4.39 Å². The Morgan fingerprint density at radius 3 is 3.00 bits per heavy atom. The number of nitrogens with one attached hydrogen (secondary N) is 1. The summed E-state index contributed by atoms with van der Waals surface area (Å²) in [7, 11) is 0. The van der Waals surface area contributed by atoms with Gasteiger partial charge in [0.2, 0.25) is 17.6 Å². The Bertz CT molecular complexity index is 597. The standard InChI is InChI=1S/C12H13FN4O2/c1-7-4-8(2-3-9(7)13)12-16-11(19-17-12)6-15-5-10(14)18/h2-4,15H,5-6H2,1H3,(H2,14,18). The van der Waals surface area contributed by atoms with Crippen molar-refractivity contribution in [3.05, 3.63) is 35.5 Å². The first kappa shape index (κ1) is 13.2. The predicted molar refractivity (Wildman–Crippen MR) is 65.3 cm³/mol. The van der Waals surface area contributed by atoms with Crippen molar-refractivity contribution in [1.82, 2.24) is 15.5 Å². The summed E-state index contributed by atoms with van der Waals surface area (Å²) < 4.78 is 18.1. The van der Waals surface area contributed by atoms with Crippen molar-refractivity contribution in [3.63, 3.8) is 0 Å². The molecule has 2 aromatic rings. The molecule has 0 aliphatic carbocycles. The first-order valence-electron chi connectivity index (χ1n) is 5.64. The maximum atomic E-state index is 13.1. The lowest BCUT2D eigenvalue weighted by molar-refractivity contribution is -0.117. The van der Waals surface area contributed by atoms with Gasteiger partial charge in [-0.1, -0.05) is 5.16 Å². The summed E-state index contributed by atoms with van der Waals surface area (Å²) in [4.78, 5) is 14.7. The summed E-state index contributed by atoms with van der Waals surface area (Å²) >= 11 is 0. The van der Waals surface area contributed by atoms with Crippen molar-refractivity contribution in [2.24, 2.45) is 5.73 Å². The van der Waals surface area contributed by atoms with Crippen molar-refractivity contribution in [2.45, 2.75) is 13.5 Å². The minimum atomic E-state index is -0.464. The lowest BCUT2D eigenvalue weighted by atomic mass is 10.1. The van der Waals surface area contributed by atoms with E-state index in [0.717, 1.165) is 0 Å². The fourth-order valence-corrected chi connectivity index (χ4v) is 1.52. The second-order valence-electron chi connectivity index (χ2n) is 4.05. The number of nitrogens with two attached hydrogens (primary N) is 1. The largest absolute Gasteiger partial charge is 0.369 e. The highest BCUT2D eigenvalue weighted by molar-refractivity contribution is 5.75. The van der Waals surface area contributed by atoms with Crippen LogP contribution in [0.3, 0.4) is 0 Å². The molecule has 0 saturated heterocycles. The molecule has 0 atom stereocenters. The average molecular weight is 264 g/mol. The Balaban J connectivity index is 2.07. The molecule has 19 heavy (non-hydrogen) atoms. The predicted octanol–water partition coefficient (Wildman–Crippen LogP) is 0.759. The van der Waals surface area contributed by atoms with Gasteiger partial charge in [-0.2, -0.15) is 4.98 Å². The van der Waals surface area contributed by atoms with Crippen LogP contribution in [0.1, 0.15) is 11.5 Å². The van der Waals surface area contributed by atoms with E-state index in [-0.39, 0.29) is 18.9 Å². The summed E-state index contributed by atoms with van der Waals surface area (Å²) in [6.45, 7) is 1.94. The molecule has 1 heterocycles. The van der Waals surface area contributed by atoms with Crippen LogP contribution in [0.25, 0.3) is 11.4 Å². The number of amides is 1. The molecule has 3 N–H and O–H groups in total. The molecule has 100 valence electrons. The maximum absolute atomic E-state index is 13.1. The van der Waals surface area contributed by atoms with Gasteiger partial charge in [-0.05, 0) is 30.7 Å². The van der Waals surface area contributed by atoms with Gasteiger partial charge in [0, 0.05) is 5.56 Å². The number of nitrogens with zero attached hydrogens (tertiary/aromatic N) is 2. The van der Waals surface area contributed by atoms with Gasteiger partial charge in [-0.15, -0.1) is 0 Å². The molecule has 0 radical (unpaired) electrons. The van der Waals surface area contributed by atoms with E-state index in [1.54, 1.807) is 19.1 Å². The number of carbonyl (C=O) groups excluding carboxylic acids is 1. The fourth-order valence-electron chi connectivity index (χ4n) is 1.52. The summed E-state index contributed by atoms with van der Waals surface area (Å²) in [5.74, 6) is -0.0401. The van der Waals surface area contributed by atoms with E-state index in [0.29, 0.717) is 22.8 Å². The summed E-state index contributed by atoms with van der Waals surface area (Å²) in [5.41, 5.74) is 6.16. The highest BCUT2D eigenvalue weighted by Crippen LogP contribution is 2.18. The van der Waals surface area contributed by atoms with E-state index in [9.17, 15) is 9.18 Å². The zero-order valence-corrected chi connectivity index (χ0v) is 10.3. The maximum Gasteiger partial charge on any atom is 0.240 e. The summed E-state index contributed by atoms with van der Waals surface area (Å²) in [6.07, 6.45) is 0. The van der Waals surface area contributed by atoms with Gasteiger partial charge in [0.25, 0.3) is 0 Å². The van der Waals surface area contributed by atoms with Gasteiger partial charge in [0.05, 0.1) is 13.1 Å². The number of halogens is 1. The van der Waals surface area contributed by atoms with Crippen molar-refractivity contribution in [3.8, 4) is 11.4 Å². The molecule has 0 fully saturated rings. The van der Waals surface area contributed by atoms with Crippen LogP contribution < -0.4 is 11.1 Å². The Morgan fingerprint density at radius 1 is 1.53 bits per heavy atom. The number of benzene rings is 1. The van der Waals surface area contributed by atoms with Crippen molar-refractivity contribution in [2.75, 3.05) is 6.54 Å². The second kappa shape index (κ2) is 5.57. The fraction of sp³-hybridized carbons (Fsp3) is 0.250. The zero-order valence-electron chi connectivity index (χ0n) is 10.3. The number of hydrogen-bond donors (Lipinski definition) is 2. The molecular formula is C12H13FN4O2. The third-order valence-corrected chi connectivity index (χ3v) is 2.46. The highest BCUT2D eigenvalue weighted by atomic mass is 19.1. The highest BCUT2D eigenvalue weighted by Gasteiger charge is 2.09. The van der Waals surface area contributed by atoms with Crippen molar-refractivity contribution < 1.29 is 13.7 Å². The molecule has 0 unspecified atom stereocenters. The van der Waals surface area contributed by atoms with Gasteiger partial charge >= 0.3 is 0 Å². The number of carbonyl (C=O) groups is 1. The molecule has 0 spiro atoms. The van der Waals surface area contributed by atoms with Crippen LogP contribution in [0.15, 0.2) is 22.7 Å². The van der Waals surface area contributed by atoms with Crippen LogP contribution >= 0.6 is 0 Å². The SMILES string of the molecule is Cc1cc(-c2noc(CNCC(N)=O)n2)ccc1F. The molecular weight excluding hydrogens is 251 g/mol. The zero-order chi connectivity index (χ0) is 13.8. The Morgan fingerprint density at radius 2 is 2.32 bits per heavy atom. The lowest BCUT2D eigenvalue weighted by Crippen LogP contribution is -2.28. The number of rotatable bonds is 5. The van der Waals surface area contributed by atoms with E-state index in [4.69, 9.17) is 10.3 Å². The van der Waals surface area contributed by atoms with Crippen LogP contribution in [0.2, 0.25) is 0 Å². The Hall–Kier alpha value is -2.28. The van der Waals surface area contributed by atoms with Crippen molar-refractivity contribution >= 4 is 5.91 Å². The molecule has 1 aromatic heterocycles. The van der Waals surface area contributed by atoms with Gasteiger partial charge in [-0.3, -0.25) is 10.1 Å². The molecule has 0 bridgehead atoms. The molecule has 1 amide bonds. The Kier molecular flexibility index (Phi) is 3.86. The van der Waals surface area contributed by atoms with Crippen LogP contribution in [0.5, 0.6) is 0 Å². The van der Waals surface area contributed by atoms with Gasteiger partial charge in [0.15, 0.2) is 0 Å². The van der Waals surface area contributed by atoms with Gasteiger partial charge < -0.3 is 10.3 Å². The molecule has 0 aliphatic heterocycles. The lowest BCUT2D eigenvalue weighted by Gasteiger charge is -1.98. The number of primary amides is 1. The topological polar surface area (TPSA) is 94.0 Å². The molecule has 0 saturated carbocycles. The third-order valence-electron chi connectivity index (χ3n) is 2.46. The minimum absolute atomic E-state index is 0.0351. The first-order chi connectivity index (χ1) is 9.06. The third kappa shape index (κ3) is 3.35. The van der Waals surface area contributed by atoms with E-state index in [1.807, 2.05) is 0 Å². The second-order valence-corrected chi connectivity index (χ2v) is 4.05. The Labute approximate surface area is 108 Å². The average Bonchev–Trinajstić information content (AvgIpc) is 2.81. The van der Waals surface area contributed by atoms with Crippen LogP contribution in [-0.2, 0) is 11.3 Å². The normalized spacial score (nSPS) is 10.6. The van der Waals surface area contributed by atoms with Crippen LogP contribution in [0, 0.1) is 12.7 Å². The molecule has 2 rings (SSSR count). The van der Waals surface area contributed by atoms with Gasteiger partial charge in [-0.25, -0.2) is 4.39 Å². The van der Waals surface area contributed by atoms with Crippen molar-refractivity contribution in [1.29, 1.82) is 0 Å².